The van der Waals surface area contributed by atoms with Crippen molar-refractivity contribution in [2.75, 3.05) is 12.8 Å². The van der Waals surface area contributed by atoms with Crippen molar-refractivity contribution in [2.24, 2.45) is 11.8 Å². The third kappa shape index (κ3) is 5.72. The Morgan fingerprint density at radius 3 is 2.88 bits per heavy atom. The van der Waals surface area contributed by atoms with Gasteiger partial charge in [-0.2, -0.15) is 0 Å². The van der Waals surface area contributed by atoms with Gasteiger partial charge < -0.3 is 0 Å². The van der Waals surface area contributed by atoms with Gasteiger partial charge in [0, 0.05) is 0 Å². The molecule has 2 aliphatic rings. The van der Waals surface area contributed by atoms with Crippen LogP contribution in [0, 0.1) is 11.8 Å². The average Bonchev–Trinajstić information content (AvgIpc) is 2.56. The minimum Gasteiger partial charge on any atom is -0.103 e. The second kappa shape index (κ2) is 10.2. The molecule has 4 atom stereocenters. The fourth-order valence-corrected chi connectivity index (χ4v) is 7.92. The molecular formula is C23H41P. The van der Waals surface area contributed by atoms with E-state index in [0.29, 0.717) is 0 Å². The number of unbranched alkanes of at least 4 members (excludes halogenated alkanes) is 1. The van der Waals surface area contributed by atoms with Crippen molar-refractivity contribution in [1.29, 1.82) is 0 Å². The van der Waals surface area contributed by atoms with Gasteiger partial charge in [-0.15, -0.1) is 7.92 Å². The van der Waals surface area contributed by atoms with Gasteiger partial charge >= 0.3 is 0 Å². The highest BCUT2D eigenvalue weighted by atomic mass is 31.1. The molecular weight excluding hydrogens is 307 g/mol. The van der Waals surface area contributed by atoms with Gasteiger partial charge in [0.1, 0.15) is 0 Å². The Balaban J connectivity index is 1.79. The molecule has 0 aromatic heterocycles. The molecule has 1 fully saturated rings. The van der Waals surface area contributed by atoms with E-state index in [1.807, 2.05) is 5.57 Å². The molecule has 0 N–H and O–H groups in total. The predicted molar refractivity (Wildman–Crippen MR) is 112 cm³/mol. The molecule has 0 nitrogen and oxygen atoms in total. The second-order valence-corrected chi connectivity index (χ2v) is 11.3. The lowest BCUT2D eigenvalue weighted by atomic mass is 9.74. The number of hydrogen-bond acceptors (Lipinski definition) is 0. The number of allylic oxidation sites excluding steroid dienone is 4. The van der Waals surface area contributed by atoms with Crippen molar-refractivity contribution in [1.82, 2.24) is 0 Å². The van der Waals surface area contributed by atoms with Crippen molar-refractivity contribution in [3.8, 4) is 0 Å². The van der Waals surface area contributed by atoms with Crippen molar-refractivity contribution in [2.45, 2.75) is 96.6 Å². The Morgan fingerprint density at radius 1 is 1.29 bits per heavy atom. The maximum absolute atomic E-state index is 2.65. The summed E-state index contributed by atoms with van der Waals surface area (Å²) >= 11 is 0. The van der Waals surface area contributed by atoms with Crippen molar-refractivity contribution in [3.05, 3.63) is 23.8 Å². The van der Waals surface area contributed by atoms with Crippen LogP contribution in [-0.2, 0) is 0 Å². The zero-order chi connectivity index (χ0) is 17.4. The minimum absolute atomic E-state index is 0.198. The highest BCUT2D eigenvalue weighted by molar-refractivity contribution is 7.58. The average molecular weight is 349 g/mol. The maximum Gasteiger partial charge on any atom is -0.00542 e. The number of rotatable bonds is 10. The lowest BCUT2D eigenvalue weighted by Crippen LogP contribution is -2.36. The summed E-state index contributed by atoms with van der Waals surface area (Å²) < 4.78 is 0. The summed E-state index contributed by atoms with van der Waals surface area (Å²) in [6.45, 7) is 9.74. The molecule has 0 aliphatic heterocycles. The first-order chi connectivity index (χ1) is 11.6. The summed E-state index contributed by atoms with van der Waals surface area (Å²) in [6.07, 6.45) is 24.4. The molecule has 138 valence electrons. The molecule has 24 heavy (non-hydrogen) atoms. The van der Waals surface area contributed by atoms with Gasteiger partial charge in [-0.1, -0.05) is 57.4 Å². The first kappa shape index (κ1) is 20.2. The molecule has 2 aliphatic carbocycles. The topological polar surface area (TPSA) is 0 Å². The first-order valence-corrected chi connectivity index (χ1v) is 12.6. The molecule has 1 heteroatoms. The molecule has 2 rings (SSSR count). The van der Waals surface area contributed by atoms with Crippen molar-refractivity contribution < 1.29 is 0 Å². The maximum atomic E-state index is 2.65. The van der Waals surface area contributed by atoms with Crippen LogP contribution >= 0.6 is 7.92 Å². The standard InChI is InChI=1S/C23H41P/c1-5-7-8-9-10-12-21(6-2)14-16-24(4)23-15-11-13-22(19-23)17-20(3)18-23/h7-8,17,20-21H,5-6,9-16,18-19H2,1-4H3/b8-7+. The Bertz CT molecular complexity index is 422. The largest absolute Gasteiger partial charge is 0.103 e. The smallest absolute Gasteiger partial charge is 0.00542 e. The quantitative estimate of drug-likeness (QED) is 0.213. The highest BCUT2D eigenvalue weighted by Gasteiger charge is 2.41. The molecule has 0 radical (unpaired) electrons. The van der Waals surface area contributed by atoms with Crippen LogP contribution in [0.1, 0.15) is 91.4 Å². The van der Waals surface area contributed by atoms with E-state index in [4.69, 9.17) is 0 Å². The van der Waals surface area contributed by atoms with Crippen LogP contribution in [0.4, 0.5) is 0 Å². The van der Waals surface area contributed by atoms with Crippen LogP contribution in [-0.4, -0.2) is 18.0 Å². The van der Waals surface area contributed by atoms with E-state index in [1.165, 1.54) is 76.8 Å². The van der Waals surface area contributed by atoms with Gasteiger partial charge in [-0.25, -0.2) is 0 Å². The summed E-state index contributed by atoms with van der Waals surface area (Å²) in [7, 11) is 0.198. The molecule has 1 saturated carbocycles. The van der Waals surface area contributed by atoms with Gasteiger partial charge in [-0.05, 0) is 87.6 Å². The van der Waals surface area contributed by atoms with Crippen molar-refractivity contribution >= 4 is 7.92 Å². The monoisotopic (exact) mass is 348 g/mol. The van der Waals surface area contributed by atoms with Crippen LogP contribution in [0.2, 0.25) is 0 Å². The Morgan fingerprint density at radius 2 is 2.12 bits per heavy atom. The Labute approximate surface area is 153 Å². The summed E-state index contributed by atoms with van der Waals surface area (Å²) in [5.74, 6) is 1.81. The predicted octanol–water partition coefficient (Wildman–Crippen LogP) is 7.93. The van der Waals surface area contributed by atoms with E-state index >= 15 is 0 Å². The molecule has 0 aromatic carbocycles. The first-order valence-electron chi connectivity index (χ1n) is 10.7. The zero-order valence-electron chi connectivity index (χ0n) is 16.8. The lowest BCUT2D eigenvalue weighted by molar-refractivity contribution is 0.364. The van der Waals surface area contributed by atoms with Crippen LogP contribution < -0.4 is 0 Å². The highest BCUT2D eigenvalue weighted by Crippen LogP contribution is 2.61. The summed E-state index contributed by atoms with van der Waals surface area (Å²) in [6, 6.07) is 0. The molecule has 0 amide bonds. The van der Waals surface area contributed by atoms with E-state index in [0.717, 1.165) is 17.0 Å². The van der Waals surface area contributed by atoms with E-state index in [2.05, 4.69) is 45.7 Å². The minimum atomic E-state index is 0.198. The fraction of sp³-hybridized carbons (Fsp3) is 0.826. The van der Waals surface area contributed by atoms with Gasteiger partial charge in [-0.3, -0.25) is 0 Å². The fourth-order valence-electron chi connectivity index (χ4n) is 5.08. The summed E-state index contributed by atoms with van der Waals surface area (Å²) in [5, 5.41) is 0.721. The normalized spacial score (nSPS) is 29.5. The molecule has 0 saturated heterocycles. The zero-order valence-corrected chi connectivity index (χ0v) is 17.7. The van der Waals surface area contributed by atoms with Crippen LogP contribution in [0.5, 0.6) is 0 Å². The molecule has 0 spiro atoms. The van der Waals surface area contributed by atoms with E-state index in [9.17, 15) is 0 Å². The third-order valence-corrected chi connectivity index (χ3v) is 9.68. The SMILES string of the molecule is CC/C=C/CCCC(CC)CCP(C)C12CCCC(=CC(C)C1)C2. The van der Waals surface area contributed by atoms with E-state index in [1.54, 1.807) is 0 Å². The number of hydrogen-bond donors (Lipinski definition) is 0. The van der Waals surface area contributed by atoms with Gasteiger partial charge in [0.05, 0.1) is 0 Å². The summed E-state index contributed by atoms with van der Waals surface area (Å²) in [5.41, 5.74) is 1.81. The lowest BCUT2D eigenvalue weighted by Gasteiger charge is -2.48. The Kier molecular flexibility index (Phi) is 8.56. The van der Waals surface area contributed by atoms with Gasteiger partial charge in [0.15, 0.2) is 0 Å². The second-order valence-electron chi connectivity index (χ2n) is 8.56. The van der Waals surface area contributed by atoms with E-state index < -0.39 is 0 Å². The molecule has 0 heterocycles. The Hall–Kier alpha value is -0.0900. The molecule has 2 bridgehead atoms. The van der Waals surface area contributed by atoms with E-state index in [-0.39, 0.29) is 7.92 Å². The van der Waals surface area contributed by atoms with Gasteiger partial charge in [0.2, 0.25) is 0 Å². The molecule has 4 unspecified atom stereocenters. The molecule has 0 aromatic rings. The third-order valence-electron chi connectivity index (χ3n) is 6.56. The van der Waals surface area contributed by atoms with Crippen LogP contribution in [0.3, 0.4) is 0 Å². The van der Waals surface area contributed by atoms with Crippen molar-refractivity contribution in [3.63, 3.8) is 0 Å². The summed E-state index contributed by atoms with van der Waals surface area (Å²) in [4.78, 5) is 0. The van der Waals surface area contributed by atoms with Gasteiger partial charge in [0.25, 0.3) is 0 Å². The van der Waals surface area contributed by atoms with Crippen LogP contribution in [0.25, 0.3) is 0 Å². The number of fused-ring (bicyclic) bond motifs is 2. The van der Waals surface area contributed by atoms with Crippen LogP contribution in [0.15, 0.2) is 23.8 Å².